The predicted molar refractivity (Wildman–Crippen MR) is 64.4 cm³/mol. The van der Waals surface area contributed by atoms with Gasteiger partial charge in [-0.3, -0.25) is 4.79 Å². The number of carbonyl (C=O) groups is 1. The average molecular weight is 236 g/mol. The number of nitrogens with two attached hydrogens (primary N) is 1. The van der Waals surface area contributed by atoms with Gasteiger partial charge in [-0.1, -0.05) is 17.9 Å². The van der Waals surface area contributed by atoms with Crippen molar-refractivity contribution in [2.24, 2.45) is 10.7 Å². The molecule has 0 aromatic rings. The van der Waals surface area contributed by atoms with Crippen LogP contribution >= 0.6 is 0 Å². The Hall–Kier alpha value is -1.64. The molecule has 1 aliphatic rings. The molecule has 1 rings (SSSR count). The number of nitrogens with zero attached hydrogens (tertiary/aromatic N) is 1. The van der Waals surface area contributed by atoms with Crippen molar-refractivity contribution in [3.8, 4) is 11.8 Å². The van der Waals surface area contributed by atoms with E-state index in [0.29, 0.717) is 30.9 Å². The van der Waals surface area contributed by atoms with Crippen molar-refractivity contribution in [1.82, 2.24) is 0 Å². The van der Waals surface area contributed by atoms with E-state index in [-0.39, 0.29) is 12.0 Å². The number of amidine groups is 1. The van der Waals surface area contributed by atoms with Crippen LogP contribution in [0.5, 0.6) is 0 Å². The summed E-state index contributed by atoms with van der Waals surface area (Å²) < 4.78 is 10.1. The van der Waals surface area contributed by atoms with E-state index < -0.39 is 0 Å². The Balaban J connectivity index is 2.53. The fourth-order valence-electron chi connectivity index (χ4n) is 1.29. The van der Waals surface area contributed by atoms with E-state index >= 15 is 0 Å². The van der Waals surface area contributed by atoms with Crippen LogP contribution in [0.4, 0.5) is 0 Å². The van der Waals surface area contributed by atoms with E-state index in [2.05, 4.69) is 16.8 Å². The first kappa shape index (κ1) is 13.4. The molecule has 2 N–H and O–H groups in total. The van der Waals surface area contributed by atoms with Gasteiger partial charge in [0.1, 0.15) is 5.84 Å². The second-order valence-corrected chi connectivity index (χ2v) is 3.55. The third-order valence-electron chi connectivity index (χ3n) is 2.23. The third kappa shape index (κ3) is 4.39. The fraction of sp³-hybridized carbons (Fsp3) is 0.500. The number of amides is 1. The SMILES string of the molecule is COCC(CC#CC1=CCC(N)=NC1=O)OC. The molecular weight excluding hydrogens is 220 g/mol. The van der Waals surface area contributed by atoms with E-state index in [1.54, 1.807) is 20.3 Å². The maximum atomic E-state index is 11.4. The topological polar surface area (TPSA) is 73.9 Å². The van der Waals surface area contributed by atoms with Crippen LogP contribution < -0.4 is 5.73 Å². The minimum absolute atomic E-state index is 0.0830. The molecule has 92 valence electrons. The zero-order chi connectivity index (χ0) is 12.7. The summed E-state index contributed by atoms with van der Waals surface area (Å²) in [6.45, 7) is 0.475. The maximum absolute atomic E-state index is 11.4. The quantitative estimate of drug-likeness (QED) is 0.710. The summed E-state index contributed by atoms with van der Waals surface area (Å²) in [5.74, 6) is 5.62. The monoisotopic (exact) mass is 236 g/mol. The summed E-state index contributed by atoms with van der Waals surface area (Å²) >= 11 is 0. The van der Waals surface area contributed by atoms with Gasteiger partial charge < -0.3 is 15.2 Å². The molecule has 0 aliphatic carbocycles. The number of methoxy groups -OCH3 is 2. The molecule has 0 bridgehead atoms. The van der Waals surface area contributed by atoms with Crippen molar-refractivity contribution >= 4 is 11.7 Å². The molecule has 0 aromatic carbocycles. The average Bonchev–Trinajstić information content (AvgIpc) is 2.30. The molecule has 0 radical (unpaired) electrons. The molecular formula is C12H16N2O3. The first-order chi connectivity index (χ1) is 8.17. The molecule has 5 heteroatoms. The predicted octanol–water partition coefficient (Wildman–Crippen LogP) is 0.255. The first-order valence-corrected chi connectivity index (χ1v) is 5.25. The molecule has 5 nitrogen and oxygen atoms in total. The lowest BCUT2D eigenvalue weighted by molar-refractivity contribution is -0.114. The number of hydrogen-bond acceptors (Lipinski definition) is 4. The normalized spacial score (nSPS) is 16.7. The highest BCUT2D eigenvalue weighted by Crippen LogP contribution is 2.05. The van der Waals surface area contributed by atoms with Crippen LogP contribution in [0.1, 0.15) is 12.8 Å². The molecule has 0 saturated carbocycles. The molecule has 0 aromatic heterocycles. The highest BCUT2D eigenvalue weighted by molar-refractivity contribution is 6.08. The third-order valence-corrected chi connectivity index (χ3v) is 2.23. The van der Waals surface area contributed by atoms with Crippen molar-refractivity contribution < 1.29 is 14.3 Å². The zero-order valence-electron chi connectivity index (χ0n) is 10.0. The van der Waals surface area contributed by atoms with Crippen molar-refractivity contribution in [3.63, 3.8) is 0 Å². The number of carbonyl (C=O) groups excluding carboxylic acids is 1. The van der Waals surface area contributed by atoms with E-state index in [1.165, 1.54) is 0 Å². The number of rotatable bonds is 4. The molecule has 0 spiro atoms. The Kier molecular flexibility index (Phi) is 5.40. The molecule has 0 saturated heterocycles. The van der Waals surface area contributed by atoms with Gasteiger partial charge in [0.15, 0.2) is 0 Å². The molecule has 17 heavy (non-hydrogen) atoms. The number of dihydropyridines is 1. The summed E-state index contributed by atoms with van der Waals surface area (Å²) in [5.41, 5.74) is 5.82. The first-order valence-electron chi connectivity index (χ1n) is 5.25. The largest absolute Gasteiger partial charge is 0.387 e. The van der Waals surface area contributed by atoms with Gasteiger partial charge in [0, 0.05) is 27.1 Å². The fourth-order valence-corrected chi connectivity index (χ4v) is 1.29. The van der Waals surface area contributed by atoms with Gasteiger partial charge in [-0.25, -0.2) is 0 Å². The second kappa shape index (κ2) is 6.84. The lowest BCUT2D eigenvalue weighted by atomic mass is 10.1. The maximum Gasteiger partial charge on any atom is 0.286 e. The van der Waals surface area contributed by atoms with Crippen LogP contribution in [-0.4, -0.2) is 38.7 Å². The lowest BCUT2D eigenvalue weighted by Gasteiger charge is -2.09. The van der Waals surface area contributed by atoms with E-state index in [4.69, 9.17) is 15.2 Å². The summed E-state index contributed by atoms with van der Waals surface area (Å²) in [4.78, 5) is 15.0. The minimum Gasteiger partial charge on any atom is -0.387 e. The van der Waals surface area contributed by atoms with Crippen LogP contribution in [0.15, 0.2) is 16.6 Å². The van der Waals surface area contributed by atoms with Crippen LogP contribution in [-0.2, 0) is 14.3 Å². The minimum atomic E-state index is -0.373. The summed E-state index contributed by atoms with van der Waals surface area (Å²) in [7, 11) is 3.20. The van der Waals surface area contributed by atoms with Gasteiger partial charge in [0.05, 0.1) is 18.3 Å². The van der Waals surface area contributed by atoms with Crippen molar-refractivity contribution in [3.05, 3.63) is 11.6 Å². The van der Waals surface area contributed by atoms with Crippen molar-refractivity contribution in [1.29, 1.82) is 0 Å². The van der Waals surface area contributed by atoms with Gasteiger partial charge in [-0.15, -0.1) is 0 Å². The van der Waals surface area contributed by atoms with Gasteiger partial charge >= 0.3 is 0 Å². The second-order valence-electron chi connectivity index (χ2n) is 3.55. The summed E-state index contributed by atoms with van der Waals surface area (Å²) in [6, 6.07) is 0. The van der Waals surface area contributed by atoms with Crippen LogP contribution in [0.3, 0.4) is 0 Å². The number of hydrogen-bond donors (Lipinski definition) is 1. The Bertz CT molecular complexity index is 402. The van der Waals surface area contributed by atoms with Gasteiger partial charge in [0.25, 0.3) is 5.91 Å². The Morgan fingerprint density at radius 1 is 1.59 bits per heavy atom. The molecule has 1 amide bonds. The Morgan fingerprint density at radius 2 is 2.35 bits per heavy atom. The van der Waals surface area contributed by atoms with E-state index in [9.17, 15) is 4.79 Å². The Labute approximate surface area is 101 Å². The van der Waals surface area contributed by atoms with Crippen molar-refractivity contribution in [2.45, 2.75) is 18.9 Å². The van der Waals surface area contributed by atoms with Gasteiger partial charge in [-0.2, -0.15) is 4.99 Å². The van der Waals surface area contributed by atoms with Gasteiger partial charge in [-0.05, 0) is 0 Å². The number of ether oxygens (including phenoxy) is 2. The van der Waals surface area contributed by atoms with Gasteiger partial charge in [0.2, 0.25) is 0 Å². The smallest absolute Gasteiger partial charge is 0.286 e. The van der Waals surface area contributed by atoms with E-state index in [1.807, 2.05) is 0 Å². The van der Waals surface area contributed by atoms with Crippen molar-refractivity contribution in [2.75, 3.05) is 20.8 Å². The van der Waals surface area contributed by atoms with E-state index in [0.717, 1.165) is 0 Å². The highest BCUT2D eigenvalue weighted by atomic mass is 16.5. The Morgan fingerprint density at radius 3 is 2.94 bits per heavy atom. The van der Waals surface area contributed by atoms with Crippen LogP contribution in [0.25, 0.3) is 0 Å². The molecule has 0 fully saturated rings. The highest BCUT2D eigenvalue weighted by Gasteiger charge is 2.11. The molecule has 1 heterocycles. The molecule has 1 unspecified atom stereocenters. The zero-order valence-corrected chi connectivity index (χ0v) is 10.0. The number of aliphatic imine (C=N–C) groups is 1. The van der Waals surface area contributed by atoms with Crippen LogP contribution in [0, 0.1) is 11.8 Å². The summed E-state index contributed by atoms with van der Waals surface area (Å²) in [5, 5.41) is 0. The molecule has 1 atom stereocenters. The summed E-state index contributed by atoms with van der Waals surface area (Å²) in [6.07, 6.45) is 2.59. The standard InChI is InChI=1S/C12H16N2O3/c1-16-8-10(17-2)5-3-4-9-6-7-11(13)14-12(9)15/h6,10H,5,7-8H2,1-2H3,(H2,13,14,15). The lowest BCUT2D eigenvalue weighted by Crippen LogP contribution is -2.18. The molecule has 1 aliphatic heterocycles. The van der Waals surface area contributed by atoms with Crippen LogP contribution in [0.2, 0.25) is 0 Å².